The van der Waals surface area contributed by atoms with Crippen molar-refractivity contribution in [2.45, 2.75) is 56.3 Å². The fourth-order valence-electron chi connectivity index (χ4n) is 2.54. The zero-order chi connectivity index (χ0) is 20.8. The van der Waals surface area contributed by atoms with Crippen molar-refractivity contribution >= 4 is 44.4 Å². The number of rotatable bonds is 10. The van der Waals surface area contributed by atoms with Gasteiger partial charge in [-0.3, -0.25) is 0 Å². The maximum Gasteiger partial charge on any atom is 0.191 e. The second-order valence-electron chi connectivity index (χ2n) is 6.91. The number of nitrogens with zero attached hydrogens (tertiary/aromatic N) is 3. The van der Waals surface area contributed by atoms with Crippen LogP contribution in [0.3, 0.4) is 0 Å². The lowest BCUT2D eigenvalue weighted by molar-refractivity contribution is 0.178. The molecule has 9 heteroatoms. The number of anilines is 2. The molecule has 2 unspecified atom stereocenters. The number of aliphatic hydroxyl groups excluding tert-OH is 2. The van der Waals surface area contributed by atoms with Crippen molar-refractivity contribution in [3.63, 3.8) is 0 Å². The van der Waals surface area contributed by atoms with E-state index in [1.165, 1.54) is 16.9 Å². The molecule has 7 nitrogen and oxygen atoms in total. The molecule has 2 heterocycles. The number of thioether (sulfide) groups is 1. The van der Waals surface area contributed by atoms with Crippen LogP contribution in [0, 0.1) is 0 Å². The highest BCUT2D eigenvalue weighted by atomic mass is 32.2. The molecule has 0 fully saturated rings. The van der Waals surface area contributed by atoms with Gasteiger partial charge in [0.05, 0.1) is 24.8 Å². The third kappa shape index (κ3) is 5.79. The molecular formula is C20H27N5O2S2. The topological polar surface area (TPSA) is 103 Å². The predicted molar refractivity (Wildman–Crippen MR) is 121 cm³/mol. The third-order valence-corrected chi connectivity index (χ3v) is 6.47. The van der Waals surface area contributed by atoms with Crippen molar-refractivity contribution in [1.82, 2.24) is 15.0 Å². The Bertz CT molecular complexity index is 916. The van der Waals surface area contributed by atoms with Crippen molar-refractivity contribution in [2.24, 2.45) is 0 Å². The van der Waals surface area contributed by atoms with Crippen LogP contribution >= 0.6 is 23.1 Å². The maximum atomic E-state index is 9.90. The first kappa shape index (κ1) is 21.8. The first-order chi connectivity index (χ1) is 14.0. The average molecular weight is 434 g/mol. The normalized spacial score (nSPS) is 14.5. The van der Waals surface area contributed by atoms with Gasteiger partial charge in [-0.25, -0.2) is 9.97 Å². The van der Waals surface area contributed by atoms with Gasteiger partial charge in [-0.2, -0.15) is 4.98 Å². The van der Waals surface area contributed by atoms with E-state index in [0.29, 0.717) is 21.8 Å². The minimum absolute atomic E-state index is 0.0421. The first-order valence-electron chi connectivity index (χ1n) is 9.67. The summed E-state index contributed by atoms with van der Waals surface area (Å²) in [6, 6.07) is 9.95. The second-order valence-corrected chi connectivity index (χ2v) is 8.85. The number of aromatic nitrogens is 3. The van der Waals surface area contributed by atoms with Crippen LogP contribution in [0.1, 0.15) is 32.8 Å². The van der Waals surface area contributed by atoms with E-state index in [1.807, 2.05) is 32.0 Å². The maximum absolute atomic E-state index is 9.90. The van der Waals surface area contributed by atoms with Gasteiger partial charge in [0.1, 0.15) is 4.70 Å². The Hall–Kier alpha value is -1.94. The van der Waals surface area contributed by atoms with Gasteiger partial charge >= 0.3 is 0 Å². The van der Waals surface area contributed by atoms with E-state index < -0.39 is 6.10 Å². The highest BCUT2D eigenvalue weighted by Gasteiger charge is 2.18. The lowest BCUT2D eigenvalue weighted by Crippen LogP contribution is -2.28. The number of aliphatic hydroxyl groups is 2. The molecule has 0 aliphatic heterocycles. The quantitative estimate of drug-likeness (QED) is 0.283. The van der Waals surface area contributed by atoms with E-state index in [2.05, 4.69) is 32.7 Å². The summed E-state index contributed by atoms with van der Waals surface area (Å²) in [5.41, 5.74) is 1.80. The van der Waals surface area contributed by atoms with Crippen LogP contribution in [-0.2, 0) is 5.75 Å². The Labute approximate surface area is 179 Å². The second kappa shape index (κ2) is 10.2. The summed E-state index contributed by atoms with van der Waals surface area (Å²) in [6.45, 7) is 5.71. The lowest BCUT2D eigenvalue weighted by atomic mass is 10.2. The molecule has 4 N–H and O–H groups in total. The van der Waals surface area contributed by atoms with Gasteiger partial charge in [-0.1, -0.05) is 60.4 Å². The van der Waals surface area contributed by atoms with Crippen LogP contribution in [0.4, 0.5) is 10.9 Å². The summed E-state index contributed by atoms with van der Waals surface area (Å²) in [5.74, 6) is 1.43. The summed E-state index contributed by atoms with van der Waals surface area (Å²) in [6.07, 6.45) is 0.269. The SMILES string of the molecule is CC[C@@H](CO)Nc1nc2nc(SCc3ccccc3)nc(NC(C)C(C)O)c2s1. The molecule has 0 spiro atoms. The third-order valence-electron chi connectivity index (χ3n) is 4.57. The Morgan fingerprint density at radius 2 is 1.86 bits per heavy atom. The molecule has 0 saturated heterocycles. The number of hydrogen-bond acceptors (Lipinski definition) is 9. The molecule has 1 aromatic carbocycles. The van der Waals surface area contributed by atoms with Gasteiger partial charge in [0.2, 0.25) is 0 Å². The average Bonchev–Trinajstić information content (AvgIpc) is 3.14. The van der Waals surface area contributed by atoms with Crippen molar-refractivity contribution in [3.05, 3.63) is 35.9 Å². The summed E-state index contributed by atoms with van der Waals surface area (Å²) < 4.78 is 0.830. The van der Waals surface area contributed by atoms with Gasteiger partial charge in [-0.05, 0) is 25.8 Å². The molecule has 3 aromatic rings. The molecule has 3 rings (SSSR count). The number of nitrogens with one attached hydrogen (secondary N) is 2. The van der Waals surface area contributed by atoms with Gasteiger partial charge in [0.15, 0.2) is 21.8 Å². The zero-order valence-corrected chi connectivity index (χ0v) is 18.4. The van der Waals surface area contributed by atoms with Crippen LogP contribution in [0.2, 0.25) is 0 Å². The molecule has 0 amide bonds. The Balaban J connectivity index is 1.90. The van der Waals surface area contributed by atoms with E-state index in [-0.39, 0.29) is 18.7 Å². The Kier molecular flexibility index (Phi) is 7.65. The summed E-state index contributed by atoms with van der Waals surface area (Å²) in [7, 11) is 0. The Morgan fingerprint density at radius 1 is 1.10 bits per heavy atom. The summed E-state index contributed by atoms with van der Waals surface area (Å²) >= 11 is 3.00. The first-order valence-corrected chi connectivity index (χ1v) is 11.5. The van der Waals surface area contributed by atoms with Gasteiger partial charge in [0, 0.05) is 5.75 Å². The highest BCUT2D eigenvalue weighted by Crippen LogP contribution is 2.33. The number of hydrogen-bond donors (Lipinski definition) is 4. The monoisotopic (exact) mass is 433 g/mol. The molecule has 2 aromatic heterocycles. The Morgan fingerprint density at radius 3 is 2.52 bits per heavy atom. The zero-order valence-electron chi connectivity index (χ0n) is 16.8. The lowest BCUT2D eigenvalue weighted by Gasteiger charge is -2.17. The van der Waals surface area contributed by atoms with Crippen LogP contribution in [0.15, 0.2) is 35.5 Å². The van der Waals surface area contributed by atoms with E-state index >= 15 is 0 Å². The molecule has 156 valence electrons. The van der Waals surface area contributed by atoms with Gasteiger partial charge in [-0.15, -0.1) is 0 Å². The molecule has 0 saturated carbocycles. The standard InChI is InChI=1S/C20H27N5O2S2/c1-4-15(10-26)22-20-25-18-16(29-20)17(21-12(2)13(3)27)23-19(24-18)28-11-14-8-6-5-7-9-14/h5-9,12-13,15,26-27H,4,10-11H2,1-3H3,(H2,21,22,23,24,25)/t12?,13?,15-/m0/s1. The molecule has 0 aliphatic carbocycles. The van der Waals surface area contributed by atoms with Crippen molar-refractivity contribution in [3.8, 4) is 0 Å². The minimum Gasteiger partial charge on any atom is -0.394 e. The summed E-state index contributed by atoms with van der Waals surface area (Å²) in [4.78, 5) is 13.9. The van der Waals surface area contributed by atoms with E-state index in [0.717, 1.165) is 16.9 Å². The van der Waals surface area contributed by atoms with Crippen LogP contribution in [0.25, 0.3) is 10.3 Å². The number of benzene rings is 1. The molecule has 29 heavy (non-hydrogen) atoms. The highest BCUT2D eigenvalue weighted by molar-refractivity contribution is 7.98. The molecule has 3 atom stereocenters. The van der Waals surface area contributed by atoms with E-state index in [1.54, 1.807) is 18.7 Å². The fourth-order valence-corrected chi connectivity index (χ4v) is 4.27. The van der Waals surface area contributed by atoms with E-state index in [9.17, 15) is 10.2 Å². The predicted octanol–water partition coefficient (Wildman–Crippen LogP) is 3.74. The van der Waals surface area contributed by atoms with Crippen molar-refractivity contribution in [1.29, 1.82) is 0 Å². The van der Waals surface area contributed by atoms with Gasteiger partial charge < -0.3 is 20.8 Å². The van der Waals surface area contributed by atoms with E-state index in [4.69, 9.17) is 4.98 Å². The summed E-state index contributed by atoms with van der Waals surface area (Å²) in [5, 5.41) is 27.2. The van der Waals surface area contributed by atoms with Gasteiger partial charge in [0.25, 0.3) is 0 Å². The largest absolute Gasteiger partial charge is 0.394 e. The molecule has 0 radical (unpaired) electrons. The fraction of sp³-hybridized carbons (Fsp3) is 0.450. The number of fused-ring (bicyclic) bond motifs is 1. The van der Waals surface area contributed by atoms with Crippen LogP contribution in [0.5, 0.6) is 0 Å². The minimum atomic E-state index is -0.523. The van der Waals surface area contributed by atoms with Crippen LogP contribution < -0.4 is 10.6 Å². The molecule has 0 bridgehead atoms. The number of thiazole rings is 1. The molecular weight excluding hydrogens is 406 g/mol. The molecule has 0 aliphatic rings. The van der Waals surface area contributed by atoms with Crippen molar-refractivity contribution < 1.29 is 10.2 Å². The smallest absolute Gasteiger partial charge is 0.191 e. The van der Waals surface area contributed by atoms with Crippen LogP contribution in [-0.4, -0.2) is 50.0 Å². The van der Waals surface area contributed by atoms with Crippen molar-refractivity contribution in [2.75, 3.05) is 17.2 Å².